The molecular formula is C14H26N4. The van der Waals surface area contributed by atoms with E-state index in [9.17, 15) is 0 Å². The second-order valence-corrected chi connectivity index (χ2v) is 5.96. The Labute approximate surface area is 110 Å². The van der Waals surface area contributed by atoms with Crippen LogP contribution in [0.4, 0.5) is 0 Å². The molecule has 4 nitrogen and oxygen atoms in total. The first-order valence-corrected chi connectivity index (χ1v) is 6.95. The molecule has 3 atom stereocenters. The summed E-state index contributed by atoms with van der Waals surface area (Å²) >= 11 is 0. The van der Waals surface area contributed by atoms with Gasteiger partial charge < -0.3 is 5.73 Å². The summed E-state index contributed by atoms with van der Waals surface area (Å²) in [6, 6.07) is 0.323. The average molecular weight is 250 g/mol. The van der Waals surface area contributed by atoms with Crippen LogP contribution in [0.15, 0.2) is 6.20 Å². The van der Waals surface area contributed by atoms with Gasteiger partial charge in [-0.15, -0.1) is 0 Å². The minimum Gasteiger partial charge on any atom is -0.329 e. The van der Waals surface area contributed by atoms with Crippen molar-refractivity contribution in [3.05, 3.63) is 17.5 Å². The van der Waals surface area contributed by atoms with Gasteiger partial charge in [0.2, 0.25) is 0 Å². The summed E-state index contributed by atoms with van der Waals surface area (Å²) in [6.45, 7) is 9.79. The molecule has 0 spiro atoms. The molecule has 2 rings (SSSR count). The largest absolute Gasteiger partial charge is 0.329 e. The Hall–Kier alpha value is -0.870. The zero-order valence-corrected chi connectivity index (χ0v) is 12.1. The Morgan fingerprint density at radius 3 is 2.44 bits per heavy atom. The zero-order chi connectivity index (χ0) is 13.3. The van der Waals surface area contributed by atoms with E-state index in [-0.39, 0.29) is 0 Å². The van der Waals surface area contributed by atoms with E-state index in [0.29, 0.717) is 12.6 Å². The van der Waals surface area contributed by atoms with Crippen molar-refractivity contribution in [2.24, 2.45) is 24.6 Å². The van der Waals surface area contributed by atoms with Crippen molar-refractivity contribution in [3.63, 3.8) is 0 Å². The molecule has 1 fully saturated rings. The molecule has 1 aromatic heterocycles. The van der Waals surface area contributed by atoms with Gasteiger partial charge in [0.05, 0.1) is 12.2 Å². The summed E-state index contributed by atoms with van der Waals surface area (Å²) < 4.78 is 1.94. The van der Waals surface area contributed by atoms with E-state index < -0.39 is 0 Å². The van der Waals surface area contributed by atoms with Crippen molar-refractivity contribution in [2.75, 3.05) is 19.6 Å². The van der Waals surface area contributed by atoms with Crippen LogP contribution < -0.4 is 5.73 Å². The van der Waals surface area contributed by atoms with Crippen LogP contribution in [0, 0.1) is 18.8 Å². The van der Waals surface area contributed by atoms with Crippen LogP contribution in [0.3, 0.4) is 0 Å². The topological polar surface area (TPSA) is 47.1 Å². The van der Waals surface area contributed by atoms with Crippen LogP contribution in [0.5, 0.6) is 0 Å². The highest BCUT2D eigenvalue weighted by molar-refractivity contribution is 5.21. The maximum Gasteiger partial charge on any atom is 0.0540 e. The summed E-state index contributed by atoms with van der Waals surface area (Å²) in [4.78, 5) is 2.54. The molecule has 0 radical (unpaired) electrons. The van der Waals surface area contributed by atoms with Gasteiger partial charge in [0.1, 0.15) is 0 Å². The number of piperidine rings is 1. The lowest BCUT2D eigenvalue weighted by Crippen LogP contribution is -2.43. The number of aryl methyl sites for hydroxylation is 1. The number of hydrogen-bond acceptors (Lipinski definition) is 3. The molecule has 4 heteroatoms. The highest BCUT2D eigenvalue weighted by Gasteiger charge is 2.29. The van der Waals surface area contributed by atoms with Crippen LogP contribution in [0.2, 0.25) is 0 Å². The molecule has 2 heterocycles. The molecule has 18 heavy (non-hydrogen) atoms. The molecule has 0 amide bonds. The van der Waals surface area contributed by atoms with Gasteiger partial charge >= 0.3 is 0 Å². The number of hydrogen-bond donors (Lipinski definition) is 1. The first kappa shape index (κ1) is 13.6. The summed E-state index contributed by atoms with van der Waals surface area (Å²) in [5.74, 6) is 1.53. The molecule has 0 bridgehead atoms. The summed E-state index contributed by atoms with van der Waals surface area (Å²) in [7, 11) is 1.99. The average Bonchev–Trinajstić information content (AvgIpc) is 2.61. The van der Waals surface area contributed by atoms with E-state index in [2.05, 4.69) is 30.8 Å². The minimum atomic E-state index is 0.323. The lowest BCUT2D eigenvalue weighted by molar-refractivity contribution is 0.0981. The summed E-state index contributed by atoms with van der Waals surface area (Å²) in [6.07, 6.45) is 3.32. The number of nitrogens with two attached hydrogens (primary N) is 1. The van der Waals surface area contributed by atoms with Crippen LogP contribution in [-0.4, -0.2) is 34.3 Å². The van der Waals surface area contributed by atoms with E-state index in [1.165, 1.54) is 17.7 Å². The van der Waals surface area contributed by atoms with Crippen molar-refractivity contribution in [2.45, 2.75) is 33.2 Å². The van der Waals surface area contributed by atoms with Crippen molar-refractivity contribution in [1.82, 2.24) is 14.7 Å². The molecular weight excluding hydrogens is 224 g/mol. The smallest absolute Gasteiger partial charge is 0.0540 e. The first-order valence-electron chi connectivity index (χ1n) is 6.95. The Morgan fingerprint density at radius 1 is 1.39 bits per heavy atom. The van der Waals surface area contributed by atoms with E-state index >= 15 is 0 Å². The van der Waals surface area contributed by atoms with Gasteiger partial charge in [0, 0.05) is 37.9 Å². The molecule has 1 aromatic rings. The van der Waals surface area contributed by atoms with Crippen LogP contribution in [-0.2, 0) is 7.05 Å². The van der Waals surface area contributed by atoms with Crippen molar-refractivity contribution < 1.29 is 0 Å². The maximum atomic E-state index is 6.03. The normalized spacial score (nSPS) is 27.4. The van der Waals surface area contributed by atoms with Gasteiger partial charge in [-0.25, -0.2) is 0 Å². The maximum absolute atomic E-state index is 6.03. The third-order valence-electron chi connectivity index (χ3n) is 4.19. The van der Waals surface area contributed by atoms with Gasteiger partial charge in [0.15, 0.2) is 0 Å². The predicted molar refractivity (Wildman–Crippen MR) is 74.3 cm³/mol. The molecule has 3 unspecified atom stereocenters. The highest BCUT2D eigenvalue weighted by Crippen LogP contribution is 2.29. The minimum absolute atomic E-state index is 0.323. The summed E-state index contributed by atoms with van der Waals surface area (Å²) in [5, 5.41) is 4.35. The fraction of sp³-hybridized carbons (Fsp3) is 0.786. The third-order valence-corrected chi connectivity index (χ3v) is 4.19. The second kappa shape index (κ2) is 5.41. The van der Waals surface area contributed by atoms with Gasteiger partial charge in [-0.2, -0.15) is 5.10 Å². The monoisotopic (exact) mass is 250 g/mol. The number of rotatable bonds is 3. The highest BCUT2D eigenvalue weighted by atomic mass is 15.3. The standard InChI is InChI=1S/C14H26N4/c1-10-5-11(2)9-18(8-10)14(6-15)13-7-16-17(4)12(13)3/h7,10-11,14H,5-6,8-9,15H2,1-4H3. The zero-order valence-electron chi connectivity index (χ0n) is 12.1. The number of likely N-dealkylation sites (tertiary alicyclic amines) is 1. The quantitative estimate of drug-likeness (QED) is 0.888. The molecule has 1 saturated heterocycles. The Kier molecular flexibility index (Phi) is 4.07. The van der Waals surface area contributed by atoms with E-state index in [4.69, 9.17) is 5.73 Å². The fourth-order valence-electron chi connectivity index (χ4n) is 3.28. The van der Waals surface area contributed by atoms with E-state index in [1.807, 2.05) is 17.9 Å². The molecule has 2 N–H and O–H groups in total. The molecule has 0 saturated carbocycles. The van der Waals surface area contributed by atoms with Crippen molar-refractivity contribution >= 4 is 0 Å². The van der Waals surface area contributed by atoms with Gasteiger partial charge in [-0.1, -0.05) is 13.8 Å². The molecule has 0 aromatic carbocycles. The van der Waals surface area contributed by atoms with E-state index in [1.54, 1.807) is 0 Å². The Bertz CT molecular complexity index is 388. The third kappa shape index (κ3) is 2.59. The number of nitrogens with zero attached hydrogens (tertiary/aromatic N) is 3. The van der Waals surface area contributed by atoms with Crippen LogP contribution in [0.1, 0.15) is 37.6 Å². The molecule has 102 valence electrons. The van der Waals surface area contributed by atoms with Crippen molar-refractivity contribution in [1.29, 1.82) is 0 Å². The first-order chi connectivity index (χ1) is 8.52. The van der Waals surface area contributed by atoms with Crippen LogP contribution in [0.25, 0.3) is 0 Å². The lowest BCUT2D eigenvalue weighted by atomic mass is 9.90. The lowest BCUT2D eigenvalue weighted by Gasteiger charge is -2.39. The Balaban J connectivity index is 2.20. The number of aromatic nitrogens is 2. The predicted octanol–water partition coefficient (Wildman–Crippen LogP) is 1.71. The second-order valence-electron chi connectivity index (χ2n) is 5.96. The fourth-order valence-corrected chi connectivity index (χ4v) is 3.28. The molecule has 1 aliphatic rings. The van der Waals surface area contributed by atoms with Crippen LogP contribution >= 0.6 is 0 Å². The molecule has 1 aliphatic heterocycles. The van der Waals surface area contributed by atoms with Gasteiger partial charge in [0.25, 0.3) is 0 Å². The molecule has 0 aliphatic carbocycles. The van der Waals surface area contributed by atoms with Gasteiger partial charge in [-0.05, 0) is 25.2 Å². The van der Waals surface area contributed by atoms with Crippen molar-refractivity contribution in [3.8, 4) is 0 Å². The SMILES string of the molecule is Cc1c(C(CN)N2CC(C)CC(C)C2)cnn1C. The summed E-state index contributed by atoms with van der Waals surface area (Å²) in [5.41, 5.74) is 8.55. The van der Waals surface area contributed by atoms with E-state index in [0.717, 1.165) is 24.9 Å². The Morgan fingerprint density at radius 2 is 2.00 bits per heavy atom. The van der Waals surface area contributed by atoms with Gasteiger partial charge in [-0.3, -0.25) is 9.58 Å².